The molecule has 0 amide bonds. The Morgan fingerprint density at radius 2 is 0.490 bits per heavy atom. The number of rotatable bonds is 7. The highest BCUT2D eigenvalue weighted by atomic mass is 79.9. The van der Waals surface area contributed by atoms with E-state index in [1.54, 1.807) is 0 Å². The van der Waals surface area contributed by atoms with Crippen molar-refractivity contribution >= 4 is 47.3 Å². The van der Waals surface area contributed by atoms with Gasteiger partial charge in [0.25, 0.3) is 0 Å². The van der Waals surface area contributed by atoms with Crippen molar-refractivity contribution in [3.05, 3.63) is 228 Å². The van der Waals surface area contributed by atoms with Crippen LogP contribution in [-0.4, -0.2) is 0 Å². The second-order valence-electron chi connectivity index (χ2n) is 11.8. The molecule has 0 fully saturated rings. The smallest absolute Gasteiger partial charge is 0.209 e. The lowest BCUT2D eigenvalue weighted by Gasteiger charge is -2.30. The first kappa shape index (κ1) is 32.8. The summed E-state index contributed by atoms with van der Waals surface area (Å²) in [5, 5.41) is 5.03. The fraction of sp³-hybridized carbons (Fsp3) is 0. The van der Waals surface area contributed by atoms with Crippen molar-refractivity contribution in [1.82, 2.24) is 0 Å². The molecule has 6 aromatic rings. The fourth-order valence-corrected chi connectivity index (χ4v) is 13.3. The van der Waals surface area contributed by atoms with Crippen molar-refractivity contribution in [3.63, 3.8) is 0 Å². The van der Waals surface area contributed by atoms with E-state index in [1.165, 1.54) is 21.2 Å². The molecule has 6 aromatic carbocycles. The van der Waals surface area contributed by atoms with Gasteiger partial charge in [-0.1, -0.05) is 133 Å². The van der Waals surface area contributed by atoms with Gasteiger partial charge in [0.05, 0.1) is 0 Å². The van der Waals surface area contributed by atoms with Gasteiger partial charge in [0.15, 0.2) is 11.5 Å². The normalized spacial score (nSPS) is 15.9. The zero-order chi connectivity index (χ0) is 32.2. The highest BCUT2D eigenvalue weighted by Gasteiger charge is 2.49. The van der Waals surface area contributed by atoms with E-state index < -0.39 is 14.5 Å². The van der Waals surface area contributed by atoms with E-state index in [9.17, 15) is 0 Å². The van der Waals surface area contributed by atoms with Crippen LogP contribution in [-0.2, 0) is 9.47 Å². The number of benzene rings is 6. The maximum absolute atomic E-state index is 7.01. The minimum absolute atomic E-state index is 0. The van der Waals surface area contributed by atoms with E-state index in [-0.39, 0.29) is 17.0 Å². The molecule has 0 bridgehead atoms. The second-order valence-corrected chi connectivity index (χ2v) is 18.0. The van der Waals surface area contributed by atoms with E-state index >= 15 is 0 Å². The van der Waals surface area contributed by atoms with Gasteiger partial charge in [-0.25, -0.2) is 0 Å². The summed E-state index contributed by atoms with van der Waals surface area (Å²) < 4.78 is 14.0. The van der Waals surface area contributed by atoms with Crippen molar-refractivity contribution < 1.29 is 26.5 Å². The van der Waals surface area contributed by atoms with Crippen LogP contribution >= 0.6 is 14.5 Å². The predicted molar refractivity (Wildman–Crippen MR) is 205 cm³/mol. The molecule has 0 saturated carbocycles. The molecule has 0 saturated heterocycles. The maximum atomic E-state index is 7.01. The van der Waals surface area contributed by atoms with E-state index in [0.717, 1.165) is 34.2 Å². The SMILES string of the molecule is C1=C(C2=C[P+](c3ccccc3)(c3ccccc3)C=C(c3ccccc3)O2)OC(c2ccccc2)=C[P+]1(c1ccccc1)c1ccccc1.[Br-]. The van der Waals surface area contributed by atoms with Crippen LogP contribution in [0.1, 0.15) is 11.1 Å². The molecule has 2 heterocycles. The lowest BCUT2D eigenvalue weighted by atomic mass is 10.2. The molecule has 2 nitrogen and oxygen atoms in total. The summed E-state index contributed by atoms with van der Waals surface area (Å²) in [4.78, 5) is 0. The monoisotopic (exact) mass is 735 g/mol. The van der Waals surface area contributed by atoms with Crippen LogP contribution in [0, 0.1) is 0 Å². The van der Waals surface area contributed by atoms with Crippen LogP contribution in [0.2, 0.25) is 0 Å². The topological polar surface area (TPSA) is 18.5 Å². The van der Waals surface area contributed by atoms with Gasteiger partial charge in [-0.2, -0.15) is 0 Å². The number of halogens is 1. The number of ether oxygens (including phenoxy) is 2. The van der Waals surface area contributed by atoms with Gasteiger partial charge in [-0.3, -0.25) is 0 Å². The first-order valence-electron chi connectivity index (χ1n) is 16.1. The summed E-state index contributed by atoms with van der Waals surface area (Å²) in [7, 11) is -4.59. The van der Waals surface area contributed by atoms with Crippen molar-refractivity contribution in [2.45, 2.75) is 0 Å². The summed E-state index contributed by atoms with van der Waals surface area (Å²) in [5.74, 6) is 12.6. The highest BCUT2D eigenvalue weighted by molar-refractivity contribution is 7.95. The molecule has 0 atom stereocenters. The van der Waals surface area contributed by atoms with E-state index in [4.69, 9.17) is 9.47 Å². The standard InChI is InChI=1S/C44H34O2P2.BrH/c1-7-19-35(20-8-1)41-31-47(37-23-11-3-12-24-37,38-25-13-4-14-26-38)33-43(45-41)44-34-48(39-27-15-5-16-28-39,40-29-17-6-18-30-40)32-42(46-44)36-21-9-2-10-22-36;/h1-34H;1H/q+2;/p-1. The van der Waals surface area contributed by atoms with Gasteiger partial charge in [0.2, 0.25) is 11.5 Å². The Bertz CT molecular complexity index is 1910. The first-order chi connectivity index (χ1) is 23.7. The third-order valence-corrected chi connectivity index (χ3v) is 16.0. The highest BCUT2D eigenvalue weighted by Crippen LogP contribution is 2.68. The lowest BCUT2D eigenvalue weighted by Crippen LogP contribution is -3.00. The Balaban J connectivity index is 0.00000378. The Morgan fingerprint density at radius 1 is 0.265 bits per heavy atom. The summed E-state index contributed by atoms with van der Waals surface area (Å²) in [5.41, 5.74) is 2.06. The van der Waals surface area contributed by atoms with Gasteiger partial charge in [-0.15, -0.1) is 0 Å². The Hall–Kier alpha value is -4.78. The van der Waals surface area contributed by atoms with Gasteiger partial charge < -0.3 is 26.5 Å². The average molecular weight is 737 g/mol. The van der Waals surface area contributed by atoms with Crippen molar-refractivity contribution in [1.29, 1.82) is 0 Å². The maximum Gasteiger partial charge on any atom is 0.209 e. The molecule has 5 heteroatoms. The molecule has 49 heavy (non-hydrogen) atoms. The zero-order valence-corrected chi connectivity index (χ0v) is 30.1. The molecule has 238 valence electrons. The van der Waals surface area contributed by atoms with Crippen LogP contribution in [0.25, 0.3) is 11.5 Å². The Labute approximate surface area is 300 Å². The van der Waals surface area contributed by atoms with Gasteiger partial charge >= 0.3 is 0 Å². The molecule has 2 aliphatic heterocycles. The molecule has 2 aliphatic rings. The Kier molecular flexibility index (Phi) is 9.61. The first-order valence-corrected chi connectivity index (χ1v) is 20.0. The molecule has 0 spiro atoms. The predicted octanol–water partition coefficient (Wildman–Crippen LogP) is 7.07. The average Bonchev–Trinajstić information content (AvgIpc) is 3.19. The summed E-state index contributed by atoms with van der Waals surface area (Å²) in [6, 6.07) is 64.2. The molecule has 0 unspecified atom stereocenters. The molecule has 0 aliphatic carbocycles. The minimum Gasteiger partial charge on any atom is -1.00 e. The molecule has 0 aromatic heterocycles. The van der Waals surface area contributed by atoms with Gasteiger partial charge in [-0.05, 0) is 48.5 Å². The van der Waals surface area contributed by atoms with Crippen LogP contribution in [0.3, 0.4) is 0 Å². The minimum atomic E-state index is -2.29. The summed E-state index contributed by atoms with van der Waals surface area (Å²) in [6.07, 6.45) is 0. The summed E-state index contributed by atoms with van der Waals surface area (Å²) in [6.45, 7) is 0. The lowest BCUT2D eigenvalue weighted by molar-refractivity contribution is -0.0000101. The quantitative estimate of drug-likeness (QED) is 0.164. The van der Waals surface area contributed by atoms with Crippen LogP contribution < -0.4 is 38.2 Å². The molecule has 0 N–H and O–H groups in total. The van der Waals surface area contributed by atoms with Gasteiger partial charge in [0, 0.05) is 11.1 Å². The van der Waals surface area contributed by atoms with E-state index in [1.807, 2.05) is 12.1 Å². The number of hydrogen-bond acceptors (Lipinski definition) is 2. The third kappa shape index (κ3) is 6.39. The fourth-order valence-electron chi connectivity index (χ4n) is 6.45. The summed E-state index contributed by atoms with van der Waals surface area (Å²) >= 11 is 0. The van der Waals surface area contributed by atoms with Crippen LogP contribution in [0.4, 0.5) is 0 Å². The zero-order valence-electron chi connectivity index (χ0n) is 26.7. The van der Waals surface area contributed by atoms with Crippen molar-refractivity contribution in [2.75, 3.05) is 0 Å². The molecular formula is C44H34BrO2P2+. The van der Waals surface area contributed by atoms with Crippen molar-refractivity contribution in [2.24, 2.45) is 0 Å². The number of hydrogen-bond donors (Lipinski definition) is 0. The second kappa shape index (κ2) is 14.4. The van der Waals surface area contributed by atoms with Gasteiger partial charge in [0.1, 0.15) is 59.0 Å². The van der Waals surface area contributed by atoms with E-state index in [2.05, 4.69) is 193 Å². The van der Waals surface area contributed by atoms with Crippen LogP contribution in [0.5, 0.6) is 0 Å². The molecule has 8 rings (SSSR count). The van der Waals surface area contributed by atoms with E-state index in [0.29, 0.717) is 0 Å². The van der Waals surface area contributed by atoms with Crippen molar-refractivity contribution in [3.8, 4) is 0 Å². The van der Waals surface area contributed by atoms with Crippen LogP contribution in [0.15, 0.2) is 217 Å². The molecule has 0 radical (unpaired) electrons. The Morgan fingerprint density at radius 3 is 0.755 bits per heavy atom. The third-order valence-electron chi connectivity index (χ3n) is 8.82. The largest absolute Gasteiger partial charge is 1.00 e. The molecular weight excluding hydrogens is 702 g/mol.